The number of methoxy groups -OCH3 is 1. The summed E-state index contributed by atoms with van der Waals surface area (Å²) in [6, 6.07) is 4.04. The zero-order chi connectivity index (χ0) is 12.1. The van der Waals surface area contributed by atoms with Crippen LogP contribution >= 0.6 is 0 Å². The summed E-state index contributed by atoms with van der Waals surface area (Å²) in [6.07, 6.45) is -0.520. The second kappa shape index (κ2) is 5.87. The smallest absolute Gasteiger partial charge is 0.127 e. The third-order valence-electron chi connectivity index (χ3n) is 2.60. The Hall–Kier alpha value is -1.06. The van der Waals surface area contributed by atoms with Gasteiger partial charge < -0.3 is 15.2 Å². The van der Waals surface area contributed by atoms with Crippen molar-refractivity contribution in [1.82, 2.24) is 5.32 Å². The summed E-state index contributed by atoms with van der Waals surface area (Å²) in [6.45, 7) is 7.44. The fraction of sp³-hybridized carbons (Fsp3) is 0.538. The van der Waals surface area contributed by atoms with Gasteiger partial charge in [0.25, 0.3) is 0 Å². The number of hydrogen-bond donors (Lipinski definition) is 2. The molecule has 0 aliphatic carbocycles. The molecule has 1 rings (SSSR count). The van der Waals surface area contributed by atoms with Gasteiger partial charge in [0.15, 0.2) is 0 Å². The zero-order valence-corrected chi connectivity index (χ0v) is 10.5. The van der Waals surface area contributed by atoms with E-state index in [4.69, 9.17) is 4.74 Å². The third-order valence-corrected chi connectivity index (χ3v) is 2.60. The number of hydrogen-bond acceptors (Lipinski definition) is 3. The molecule has 0 aliphatic heterocycles. The monoisotopic (exact) mass is 223 g/mol. The second-order valence-electron chi connectivity index (χ2n) is 4.03. The Morgan fingerprint density at radius 3 is 2.62 bits per heavy atom. The summed E-state index contributed by atoms with van der Waals surface area (Å²) in [5, 5.41) is 13.2. The second-order valence-corrected chi connectivity index (χ2v) is 4.03. The Morgan fingerprint density at radius 2 is 2.06 bits per heavy atom. The van der Waals surface area contributed by atoms with Crippen LogP contribution in [-0.2, 0) is 0 Å². The molecule has 1 atom stereocenters. The molecule has 0 fully saturated rings. The predicted octanol–water partition coefficient (Wildman–Crippen LogP) is 1.95. The van der Waals surface area contributed by atoms with Crippen molar-refractivity contribution in [2.24, 2.45) is 0 Å². The van der Waals surface area contributed by atoms with E-state index in [1.54, 1.807) is 7.11 Å². The van der Waals surface area contributed by atoms with Crippen LogP contribution in [0.3, 0.4) is 0 Å². The first-order valence-corrected chi connectivity index (χ1v) is 5.64. The molecule has 0 saturated heterocycles. The van der Waals surface area contributed by atoms with Crippen molar-refractivity contribution < 1.29 is 9.84 Å². The maximum Gasteiger partial charge on any atom is 0.127 e. The molecule has 16 heavy (non-hydrogen) atoms. The molecule has 2 N–H and O–H groups in total. The van der Waals surface area contributed by atoms with Gasteiger partial charge in [0.2, 0.25) is 0 Å². The minimum absolute atomic E-state index is 0.520. The molecule has 1 aromatic rings. The first-order chi connectivity index (χ1) is 7.60. The fourth-order valence-corrected chi connectivity index (χ4v) is 1.90. The van der Waals surface area contributed by atoms with E-state index in [1.165, 1.54) is 0 Å². The zero-order valence-electron chi connectivity index (χ0n) is 10.5. The van der Waals surface area contributed by atoms with Crippen LogP contribution in [0, 0.1) is 13.8 Å². The van der Waals surface area contributed by atoms with Crippen LogP contribution in [0.4, 0.5) is 0 Å². The van der Waals surface area contributed by atoms with Gasteiger partial charge in [0, 0.05) is 12.1 Å². The average Bonchev–Trinajstić information content (AvgIpc) is 2.24. The number of aryl methyl sites for hydroxylation is 2. The average molecular weight is 223 g/mol. The van der Waals surface area contributed by atoms with Crippen LogP contribution in [-0.4, -0.2) is 25.3 Å². The van der Waals surface area contributed by atoms with Crippen LogP contribution in [0.1, 0.15) is 29.7 Å². The van der Waals surface area contributed by atoms with E-state index in [0.717, 1.165) is 29.0 Å². The maximum atomic E-state index is 10.1. The molecule has 0 amide bonds. The van der Waals surface area contributed by atoms with Gasteiger partial charge in [0.05, 0.1) is 13.2 Å². The number of likely N-dealkylation sites (N-methyl/N-ethyl adjacent to an activating group) is 1. The van der Waals surface area contributed by atoms with Gasteiger partial charge in [-0.2, -0.15) is 0 Å². The molecule has 0 saturated carbocycles. The summed E-state index contributed by atoms with van der Waals surface area (Å²) in [7, 11) is 1.64. The SMILES string of the molecule is CCNCC(O)c1cc(C)cc(C)c1OC. The van der Waals surface area contributed by atoms with Crippen molar-refractivity contribution >= 4 is 0 Å². The van der Waals surface area contributed by atoms with Crippen molar-refractivity contribution in [2.45, 2.75) is 26.9 Å². The molecule has 1 unspecified atom stereocenters. The highest BCUT2D eigenvalue weighted by molar-refractivity contribution is 5.45. The topological polar surface area (TPSA) is 41.5 Å². The van der Waals surface area contributed by atoms with E-state index in [-0.39, 0.29) is 0 Å². The van der Waals surface area contributed by atoms with Gasteiger partial charge in [-0.05, 0) is 32.0 Å². The highest BCUT2D eigenvalue weighted by Gasteiger charge is 2.15. The van der Waals surface area contributed by atoms with Crippen molar-refractivity contribution in [2.75, 3.05) is 20.2 Å². The lowest BCUT2D eigenvalue weighted by atomic mass is 10.0. The summed E-state index contributed by atoms with van der Waals surface area (Å²) in [5.41, 5.74) is 3.07. The molecule has 90 valence electrons. The van der Waals surface area contributed by atoms with Gasteiger partial charge in [-0.15, -0.1) is 0 Å². The van der Waals surface area contributed by atoms with Gasteiger partial charge in [0.1, 0.15) is 5.75 Å². The normalized spacial score (nSPS) is 12.6. The molecule has 0 spiro atoms. The Morgan fingerprint density at radius 1 is 1.38 bits per heavy atom. The summed E-state index contributed by atoms with van der Waals surface area (Å²) in [4.78, 5) is 0. The van der Waals surface area contributed by atoms with E-state index in [2.05, 4.69) is 11.4 Å². The predicted molar refractivity (Wildman–Crippen MR) is 66.0 cm³/mol. The van der Waals surface area contributed by atoms with Crippen LogP contribution in [0.25, 0.3) is 0 Å². The molecule has 0 radical (unpaired) electrons. The Bertz CT molecular complexity index is 350. The number of benzene rings is 1. The highest BCUT2D eigenvalue weighted by Crippen LogP contribution is 2.29. The molecular weight excluding hydrogens is 202 g/mol. The molecule has 0 aromatic heterocycles. The van der Waals surface area contributed by atoms with Crippen LogP contribution in [0.5, 0.6) is 5.75 Å². The van der Waals surface area contributed by atoms with Gasteiger partial charge in [-0.25, -0.2) is 0 Å². The summed E-state index contributed by atoms with van der Waals surface area (Å²) < 4.78 is 5.34. The van der Waals surface area contributed by atoms with E-state index >= 15 is 0 Å². The lowest BCUT2D eigenvalue weighted by Gasteiger charge is -2.17. The quantitative estimate of drug-likeness (QED) is 0.801. The molecular formula is C13H21NO2. The molecule has 1 aromatic carbocycles. The van der Waals surface area contributed by atoms with Crippen molar-refractivity contribution in [3.8, 4) is 5.75 Å². The van der Waals surface area contributed by atoms with Gasteiger partial charge in [-0.3, -0.25) is 0 Å². The van der Waals surface area contributed by atoms with Crippen molar-refractivity contribution in [1.29, 1.82) is 0 Å². The lowest BCUT2D eigenvalue weighted by Crippen LogP contribution is -2.21. The van der Waals surface area contributed by atoms with E-state index in [0.29, 0.717) is 6.54 Å². The van der Waals surface area contributed by atoms with Gasteiger partial charge in [-0.1, -0.05) is 18.6 Å². The molecule has 3 nitrogen and oxygen atoms in total. The minimum Gasteiger partial charge on any atom is -0.496 e. The van der Waals surface area contributed by atoms with E-state index in [9.17, 15) is 5.11 Å². The summed E-state index contributed by atoms with van der Waals surface area (Å²) in [5.74, 6) is 0.788. The number of aliphatic hydroxyl groups is 1. The first kappa shape index (κ1) is 13.0. The molecule has 0 bridgehead atoms. The molecule has 0 heterocycles. The standard InChI is InChI=1S/C13H21NO2/c1-5-14-8-12(15)11-7-9(2)6-10(3)13(11)16-4/h6-7,12,14-15H,5,8H2,1-4H3. The maximum absolute atomic E-state index is 10.1. The first-order valence-electron chi connectivity index (χ1n) is 5.64. The van der Waals surface area contributed by atoms with Crippen LogP contribution < -0.4 is 10.1 Å². The van der Waals surface area contributed by atoms with E-state index in [1.807, 2.05) is 26.8 Å². The molecule has 0 aliphatic rings. The van der Waals surface area contributed by atoms with Crippen molar-refractivity contribution in [3.63, 3.8) is 0 Å². The number of nitrogens with one attached hydrogen (secondary N) is 1. The molecule has 3 heteroatoms. The largest absolute Gasteiger partial charge is 0.496 e. The third kappa shape index (κ3) is 2.97. The Labute approximate surface area is 97.4 Å². The van der Waals surface area contributed by atoms with Crippen LogP contribution in [0.2, 0.25) is 0 Å². The number of rotatable bonds is 5. The van der Waals surface area contributed by atoms with Gasteiger partial charge >= 0.3 is 0 Å². The Kier molecular flexibility index (Phi) is 4.77. The van der Waals surface area contributed by atoms with E-state index < -0.39 is 6.10 Å². The number of aliphatic hydroxyl groups excluding tert-OH is 1. The minimum atomic E-state index is -0.520. The number of ether oxygens (including phenoxy) is 1. The van der Waals surface area contributed by atoms with Crippen LogP contribution in [0.15, 0.2) is 12.1 Å². The lowest BCUT2D eigenvalue weighted by molar-refractivity contribution is 0.171. The highest BCUT2D eigenvalue weighted by atomic mass is 16.5. The summed E-state index contributed by atoms with van der Waals surface area (Å²) >= 11 is 0. The van der Waals surface area contributed by atoms with Crippen molar-refractivity contribution in [3.05, 3.63) is 28.8 Å². The Balaban J connectivity index is 3.00. The fourth-order valence-electron chi connectivity index (χ4n) is 1.90.